The van der Waals surface area contributed by atoms with Gasteiger partial charge in [0.2, 0.25) is 0 Å². The Morgan fingerprint density at radius 2 is 1.95 bits per heavy atom. The Labute approximate surface area is 111 Å². The van der Waals surface area contributed by atoms with Crippen LogP contribution in [0.1, 0.15) is 5.56 Å². The topological polar surface area (TPSA) is 55.8 Å². The van der Waals surface area contributed by atoms with Crippen LogP contribution in [-0.2, 0) is 19.1 Å². The molecule has 0 unspecified atom stereocenters. The van der Waals surface area contributed by atoms with Gasteiger partial charge in [0.25, 0.3) is 5.91 Å². The number of carbonyl (C=O) groups excluding carboxylic acids is 2. The first kappa shape index (κ1) is 13.3. The van der Waals surface area contributed by atoms with Gasteiger partial charge in [0.1, 0.15) is 0 Å². The molecule has 19 heavy (non-hydrogen) atoms. The standard InChI is InChI=1S/C14H15NO4/c1-15-11-7-5-4-6-9(11)12(13(15)16)10(8-18-2)14(17)19-3/h4-7H,8H2,1-3H3/b12-10-. The minimum atomic E-state index is -0.546. The third kappa shape index (κ3) is 2.13. The van der Waals surface area contributed by atoms with Crippen LogP contribution in [0.15, 0.2) is 29.8 Å². The van der Waals surface area contributed by atoms with Crippen molar-refractivity contribution in [3.63, 3.8) is 0 Å². The van der Waals surface area contributed by atoms with Gasteiger partial charge in [0.05, 0.1) is 30.6 Å². The van der Waals surface area contributed by atoms with Crippen LogP contribution >= 0.6 is 0 Å². The molecule has 5 heteroatoms. The van der Waals surface area contributed by atoms with Gasteiger partial charge in [0, 0.05) is 19.7 Å². The van der Waals surface area contributed by atoms with Crippen molar-refractivity contribution in [2.75, 3.05) is 32.8 Å². The van der Waals surface area contributed by atoms with Crippen LogP contribution in [0.5, 0.6) is 0 Å². The number of ether oxygens (including phenoxy) is 2. The third-order valence-electron chi connectivity index (χ3n) is 3.08. The maximum absolute atomic E-state index is 12.3. The van der Waals surface area contributed by atoms with E-state index in [9.17, 15) is 9.59 Å². The molecule has 1 aromatic rings. The Morgan fingerprint density at radius 1 is 1.26 bits per heavy atom. The predicted molar refractivity (Wildman–Crippen MR) is 70.7 cm³/mol. The van der Waals surface area contributed by atoms with Crippen LogP contribution in [-0.4, -0.2) is 39.8 Å². The number of anilines is 1. The summed E-state index contributed by atoms with van der Waals surface area (Å²) in [4.78, 5) is 25.6. The van der Waals surface area contributed by atoms with Crippen LogP contribution in [0.25, 0.3) is 5.57 Å². The summed E-state index contributed by atoms with van der Waals surface area (Å²) in [5.41, 5.74) is 2.10. The molecule has 0 aliphatic carbocycles. The summed E-state index contributed by atoms with van der Waals surface area (Å²) in [6.45, 7) is 0.0376. The average molecular weight is 261 g/mol. The Morgan fingerprint density at radius 3 is 2.58 bits per heavy atom. The molecule has 0 saturated heterocycles. The Balaban J connectivity index is 2.65. The second-order valence-corrected chi connectivity index (χ2v) is 4.16. The second kappa shape index (κ2) is 5.24. The van der Waals surface area contributed by atoms with Crippen molar-refractivity contribution < 1.29 is 19.1 Å². The highest BCUT2D eigenvalue weighted by atomic mass is 16.5. The number of amides is 1. The van der Waals surface area contributed by atoms with Crippen molar-refractivity contribution in [2.24, 2.45) is 0 Å². The number of esters is 1. The molecule has 2 rings (SSSR count). The van der Waals surface area contributed by atoms with Gasteiger partial charge >= 0.3 is 5.97 Å². The lowest BCUT2D eigenvalue weighted by molar-refractivity contribution is -0.136. The molecule has 1 aliphatic heterocycles. The van der Waals surface area contributed by atoms with E-state index in [-0.39, 0.29) is 18.1 Å². The van der Waals surface area contributed by atoms with Crippen LogP contribution in [0.3, 0.4) is 0 Å². The van der Waals surface area contributed by atoms with Gasteiger partial charge in [-0.05, 0) is 6.07 Å². The zero-order chi connectivity index (χ0) is 14.0. The molecule has 0 fully saturated rings. The van der Waals surface area contributed by atoms with Gasteiger partial charge in [-0.25, -0.2) is 4.79 Å². The van der Waals surface area contributed by atoms with E-state index in [1.165, 1.54) is 19.1 Å². The number of likely N-dealkylation sites (N-methyl/N-ethyl adjacent to an activating group) is 1. The first-order chi connectivity index (χ1) is 9.11. The summed E-state index contributed by atoms with van der Waals surface area (Å²) in [7, 11) is 4.43. The van der Waals surface area contributed by atoms with Gasteiger partial charge in [0.15, 0.2) is 0 Å². The van der Waals surface area contributed by atoms with Crippen LogP contribution < -0.4 is 4.90 Å². The normalized spacial score (nSPS) is 16.4. The Hall–Kier alpha value is -2.14. The quantitative estimate of drug-likeness (QED) is 0.606. The summed E-state index contributed by atoms with van der Waals surface area (Å²) < 4.78 is 9.74. The average Bonchev–Trinajstić information content (AvgIpc) is 2.68. The van der Waals surface area contributed by atoms with E-state index in [1.54, 1.807) is 7.05 Å². The number of benzene rings is 1. The first-order valence-electron chi connectivity index (χ1n) is 5.79. The molecule has 0 aromatic heterocycles. The number of fused-ring (bicyclic) bond motifs is 1. The smallest absolute Gasteiger partial charge is 0.336 e. The molecule has 100 valence electrons. The lowest BCUT2D eigenvalue weighted by Crippen LogP contribution is -2.23. The molecule has 0 N–H and O–H groups in total. The van der Waals surface area contributed by atoms with Gasteiger partial charge in [-0.15, -0.1) is 0 Å². The maximum Gasteiger partial charge on any atom is 0.336 e. The van der Waals surface area contributed by atoms with Crippen molar-refractivity contribution in [1.82, 2.24) is 0 Å². The van der Waals surface area contributed by atoms with Gasteiger partial charge in [-0.1, -0.05) is 18.2 Å². The number of hydrogen-bond donors (Lipinski definition) is 0. The van der Waals surface area contributed by atoms with E-state index in [0.29, 0.717) is 5.57 Å². The van der Waals surface area contributed by atoms with E-state index in [2.05, 4.69) is 0 Å². The SMILES string of the molecule is COC/C(C(=O)OC)=C1/C(=O)N(C)c2ccccc21. The molecular weight excluding hydrogens is 246 g/mol. The molecule has 0 radical (unpaired) electrons. The molecule has 1 aliphatic rings. The number of rotatable bonds is 3. The Kier molecular flexibility index (Phi) is 3.66. The van der Waals surface area contributed by atoms with Gasteiger partial charge in [-0.2, -0.15) is 0 Å². The third-order valence-corrected chi connectivity index (χ3v) is 3.08. The molecule has 1 amide bonds. The van der Waals surface area contributed by atoms with Crippen molar-refractivity contribution >= 4 is 23.1 Å². The molecule has 0 saturated carbocycles. The summed E-state index contributed by atoms with van der Waals surface area (Å²) in [6.07, 6.45) is 0. The summed E-state index contributed by atoms with van der Waals surface area (Å²) in [5, 5.41) is 0. The predicted octanol–water partition coefficient (Wildman–Crippen LogP) is 1.24. The highest BCUT2D eigenvalue weighted by molar-refractivity contribution is 6.35. The molecule has 5 nitrogen and oxygen atoms in total. The van der Waals surface area contributed by atoms with E-state index in [1.807, 2.05) is 24.3 Å². The number of para-hydroxylation sites is 1. The highest BCUT2D eigenvalue weighted by Gasteiger charge is 2.34. The lowest BCUT2D eigenvalue weighted by Gasteiger charge is -2.09. The van der Waals surface area contributed by atoms with Gasteiger partial charge < -0.3 is 14.4 Å². The van der Waals surface area contributed by atoms with Crippen LogP contribution in [0.4, 0.5) is 5.69 Å². The molecule has 0 bridgehead atoms. The fourth-order valence-electron chi connectivity index (χ4n) is 2.16. The highest BCUT2D eigenvalue weighted by Crippen LogP contribution is 2.37. The van der Waals surface area contributed by atoms with E-state index < -0.39 is 5.97 Å². The fourth-order valence-corrected chi connectivity index (χ4v) is 2.16. The van der Waals surface area contributed by atoms with E-state index in [4.69, 9.17) is 9.47 Å². The minimum absolute atomic E-state index is 0.0376. The summed E-state index contributed by atoms with van der Waals surface area (Å²) >= 11 is 0. The number of carbonyl (C=O) groups is 2. The zero-order valence-electron chi connectivity index (χ0n) is 11.1. The summed E-state index contributed by atoms with van der Waals surface area (Å²) in [5.74, 6) is -0.769. The number of methoxy groups -OCH3 is 2. The lowest BCUT2D eigenvalue weighted by atomic mass is 10.0. The second-order valence-electron chi connectivity index (χ2n) is 4.16. The monoisotopic (exact) mass is 261 g/mol. The fraction of sp³-hybridized carbons (Fsp3) is 0.286. The van der Waals surface area contributed by atoms with Crippen molar-refractivity contribution in [2.45, 2.75) is 0 Å². The van der Waals surface area contributed by atoms with Crippen LogP contribution in [0.2, 0.25) is 0 Å². The first-order valence-corrected chi connectivity index (χ1v) is 5.79. The molecule has 1 heterocycles. The summed E-state index contributed by atoms with van der Waals surface area (Å²) in [6, 6.07) is 7.32. The van der Waals surface area contributed by atoms with Crippen molar-refractivity contribution in [1.29, 1.82) is 0 Å². The molecule has 0 spiro atoms. The molecule has 0 atom stereocenters. The van der Waals surface area contributed by atoms with E-state index >= 15 is 0 Å². The number of nitrogens with zero attached hydrogens (tertiary/aromatic N) is 1. The Bertz CT molecular complexity index is 562. The molecule has 1 aromatic carbocycles. The van der Waals surface area contributed by atoms with Gasteiger partial charge in [-0.3, -0.25) is 4.79 Å². The largest absolute Gasteiger partial charge is 0.466 e. The minimum Gasteiger partial charge on any atom is -0.466 e. The van der Waals surface area contributed by atoms with Crippen LogP contribution in [0, 0.1) is 0 Å². The molecular formula is C14H15NO4. The van der Waals surface area contributed by atoms with Crippen molar-refractivity contribution in [3.8, 4) is 0 Å². The maximum atomic E-state index is 12.3. The number of hydrogen-bond acceptors (Lipinski definition) is 4. The zero-order valence-corrected chi connectivity index (χ0v) is 11.1. The van der Waals surface area contributed by atoms with E-state index in [0.717, 1.165) is 11.3 Å². The van der Waals surface area contributed by atoms with Crippen molar-refractivity contribution in [3.05, 3.63) is 35.4 Å².